The Kier molecular flexibility index (Phi) is 4.49. The largest absolute Gasteiger partial charge is 0.384 e. The molecule has 0 aliphatic carbocycles. The van der Waals surface area contributed by atoms with E-state index in [1.165, 1.54) is 0 Å². The average molecular weight is 309 g/mol. The van der Waals surface area contributed by atoms with E-state index in [9.17, 15) is 9.90 Å². The second kappa shape index (κ2) is 6.55. The van der Waals surface area contributed by atoms with Gasteiger partial charge in [-0.2, -0.15) is 0 Å². The molecule has 1 N–H and O–H groups in total. The fraction of sp³-hybridized carbons (Fsp3) is 0.350. The molecule has 2 aromatic rings. The molecule has 1 unspecified atom stereocenters. The monoisotopic (exact) mass is 309 g/mol. The van der Waals surface area contributed by atoms with Crippen LogP contribution in [0.25, 0.3) is 0 Å². The molecule has 1 atom stereocenters. The van der Waals surface area contributed by atoms with Crippen LogP contribution < -0.4 is 4.90 Å². The second-order valence-corrected chi connectivity index (χ2v) is 6.20. The highest BCUT2D eigenvalue weighted by molar-refractivity contribution is 5.94. The summed E-state index contributed by atoms with van der Waals surface area (Å²) >= 11 is 0. The van der Waals surface area contributed by atoms with E-state index in [1.807, 2.05) is 55.1 Å². The number of rotatable bonds is 3. The van der Waals surface area contributed by atoms with Crippen molar-refractivity contribution in [2.24, 2.45) is 0 Å². The zero-order chi connectivity index (χ0) is 16.4. The van der Waals surface area contributed by atoms with Gasteiger partial charge in [0.05, 0.1) is 0 Å². The Balaban J connectivity index is 1.97. The standard InChI is InChI=1S/C20H23NO2/c1-3-21-18-11-10-17(13-15(18)7-5-9-19(21)22)20(23)16-8-4-6-14(2)12-16/h4,6,8,10-13,20,23H,3,5,7,9H2,1-2H3. The van der Waals surface area contributed by atoms with Crippen LogP contribution in [0.2, 0.25) is 0 Å². The third kappa shape index (κ3) is 3.15. The molecule has 1 heterocycles. The first-order valence-electron chi connectivity index (χ1n) is 8.28. The smallest absolute Gasteiger partial charge is 0.226 e. The molecule has 0 spiro atoms. The Bertz CT molecular complexity index is 723. The van der Waals surface area contributed by atoms with E-state index >= 15 is 0 Å². The number of anilines is 1. The molecule has 0 saturated carbocycles. The van der Waals surface area contributed by atoms with Gasteiger partial charge in [0.2, 0.25) is 5.91 Å². The summed E-state index contributed by atoms with van der Waals surface area (Å²) in [4.78, 5) is 14.0. The van der Waals surface area contributed by atoms with Crippen LogP contribution in [0.15, 0.2) is 42.5 Å². The predicted molar refractivity (Wildman–Crippen MR) is 92.6 cm³/mol. The van der Waals surface area contributed by atoms with Crippen molar-refractivity contribution in [2.75, 3.05) is 11.4 Å². The minimum Gasteiger partial charge on any atom is -0.384 e. The molecule has 3 heteroatoms. The third-order valence-electron chi connectivity index (χ3n) is 4.52. The van der Waals surface area contributed by atoms with Crippen LogP contribution in [-0.4, -0.2) is 17.6 Å². The highest BCUT2D eigenvalue weighted by atomic mass is 16.3. The number of carbonyl (C=O) groups is 1. The third-order valence-corrected chi connectivity index (χ3v) is 4.52. The zero-order valence-corrected chi connectivity index (χ0v) is 13.7. The Morgan fingerprint density at radius 3 is 2.65 bits per heavy atom. The summed E-state index contributed by atoms with van der Waals surface area (Å²) in [6, 6.07) is 13.9. The quantitative estimate of drug-likeness (QED) is 0.937. The Hall–Kier alpha value is -2.13. The minimum atomic E-state index is -0.630. The molecular formula is C20H23NO2. The fourth-order valence-corrected chi connectivity index (χ4v) is 3.32. The summed E-state index contributed by atoms with van der Waals surface area (Å²) < 4.78 is 0. The van der Waals surface area contributed by atoms with Gasteiger partial charge >= 0.3 is 0 Å². The maximum atomic E-state index is 12.2. The maximum Gasteiger partial charge on any atom is 0.226 e. The Morgan fingerprint density at radius 1 is 1.13 bits per heavy atom. The maximum absolute atomic E-state index is 12.2. The van der Waals surface area contributed by atoms with Crippen LogP contribution >= 0.6 is 0 Å². The van der Waals surface area contributed by atoms with Crippen LogP contribution in [0.1, 0.15) is 48.1 Å². The first-order valence-corrected chi connectivity index (χ1v) is 8.28. The highest BCUT2D eigenvalue weighted by Gasteiger charge is 2.22. The number of aliphatic hydroxyl groups excluding tert-OH is 1. The molecule has 120 valence electrons. The number of benzene rings is 2. The molecule has 0 fully saturated rings. The van der Waals surface area contributed by atoms with Crippen molar-refractivity contribution in [3.63, 3.8) is 0 Å². The number of amides is 1. The molecule has 3 nitrogen and oxygen atoms in total. The van der Waals surface area contributed by atoms with Crippen molar-refractivity contribution < 1.29 is 9.90 Å². The van der Waals surface area contributed by atoms with E-state index in [0.717, 1.165) is 40.8 Å². The summed E-state index contributed by atoms with van der Waals surface area (Å²) in [7, 11) is 0. The van der Waals surface area contributed by atoms with Gasteiger partial charge in [-0.3, -0.25) is 4.79 Å². The summed E-state index contributed by atoms with van der Waals surface area (Å²) in [5.74, 6) is 0.193. The van der Waals surface area contributed by atoms with Crippen molar-refractivity contribution in [1.82, 2.24) is 0 Å². The molecule has 1 aliphatic heterocycles. The Morgan fingerprint density at radius 2 is 1.91 bits per heavy atom. The van der Waals surface area contributed by atoms with Gasteiger partial charge in [-0.05, 0) is 49.4 Å². The van der Waals surface area contributed by atoms with Gasteiger partial charge in [0, 0.05) is 18.7 Å². The number of fused-ring (bicyclic) bond motifs is 1. The summed E-state index contributed by atoms with van der Waals surface area (Å²) in [5.41, 5.74) is 5.08. The van der Waals surface area contributed by atoms with Crippen molar-refractivity contribution in [1.29, 1.82) is 0 Å². The highest BCUT2D eigenvalue weighted by Crippen LogP contribution is 2.31. The van der Waals surface area contributed by atoms with Gasteiger partial charge in [-0.1, -0.05) is 42.0 Å². The van der Waals surface area contributed by atoms with Gasteiger partial charge in [0.1, 0.15) is 6.10 Å². The topological polar surface area (TPSA) is 40.5 Å². The Labute approximate surface area is 137 Å². The number of nitrogens with zero attached hydrogens (tertiary/aromatic N) is 1. The SMILES string of the molecule is CCN1C(=O)CCCc2cc(C(O)c3cccc(C)c3)ccc21. The number of hydrogen-bond acceptors (Lipinski definition) is 2. The molecular weight excluding hydrogens is 286 g/mol. The molecule has 1 aliphatic rings. The van der Waals surface area contributed by atoms with Crippen molar-refractivity contribution >= 4 is 11.6 Å². The predicted octanol–water partition coefficient (Wildman–Crippen LogP) is 3.77. The van der Waals surface area contributed by atoms with E-state index in [0.29, 0.717) is 13.0 Å². The normalized spacial score (nSPS) is 16.0. The first-order chi connectivity index (χ1) is 11.1. The lowest BCUT2D eigenvalue weighted by Gasteiger charge is -2.22. The molecule has 0 saturated heterocycles. The van der Waals surface area contributed by atoms with Crippen LogP contribution in [0, 0.1) is 6.92 Å². The van der Waals surface area contributed by atoms with Gasteiger partial charge in [-0.15, -0.1) is 0 Å². The number of aryl methyl sites for hydroxylation is 2. The molecule has 3 rings (SSSR count). The lowest BCUT2D eigenvalue weighted by molar-refractivity contribution is -0.118. The fourth-order valence-electron chi connectivity index (χ4n) is 3.32. The molecule has 23 heavy (non-hydrogen) atoms. The van der Waals surface area contributed by atoms with E-state index in [4.69, 9.17) is 0 Å². The van der Waals surface area contributed by atoms with Gasteiger partial charge in [0.25, 0.3) is 0 Å². The lowest BCUT2D eigenvalue weighted by atomic mass is 9.96. The van der Waals surface area contributed by atoms with Crippen LogP contribution in [-0.2, 0) is 11.2 Å². The molecule has 1 amide bonds. The number of aliphatic hydroxyl groups is 1. The van der Waals surface area contributed by atoms with Crippen LogP contribution in [0.3, 0.4) is 0 Å². The average Bonchev–Trinajstić information content (AvgIpc) is 2.71. The van der Waals surface area contributed by atoms with Gasteiger partial charge < -0.3 is 10.0 Å². The lowest BCUT2D eigenvalue weighted by Crippen LogP contribution is -2.29. The van der Waals surface area contributed by atoms with Crippen molar-refractivity contribution in [3.8, 4) is 0 Å². The summed E-state index contributed by atoms with van der Waals surface area (Å²) in [5, 5.41) is 10.7. The zero-order valence-electron chi connectivity index (χ0n) is 13.7. The van der Waals surface area contributed by atoms with Gasteiger partial charge in [-0.25, -0.2) is 0 Å². The van der Waals surface area contributed by atoms with E-state index in [-0.39, 0.29) is 5.91 Å². The van der Waals surface area contributed by atoms with E-state index in [1.54, 1.807) is 0 Å². The first kappa shape index (κ1) is 15.8. The molecule has 0 aromatic heterocycles. The van der Waals surface area contributed by atoms with Crippen molar-refractivity contribution in [2.45, 2.75) is 39.2 Å². The number of hydrogen-bond donors (Lipinski definition) is 1. The number of carbonyl (C=O) groups excluding carboxylic acids is 1. The summed E-state index contributed by atoms with van der Waals surface area (Å²) in [6.07, 6.45) is 1.71. The molecule has 0 radical (unpaired) electrons. The van der Waals surface area contributed by atoms with E-state index < -0.39 is 6.10 Å². The van der Waals surface area contributed by atoms with E-state index in [2.05, 4.69) is 6.07 Å². The van der Waals surface area contributed by atoms with Gasteiger partial charge in [0.15, 0.2) is 0 Å². The molecule has 0 bridgehead atoms. The van der Waals surface area contributed by atoms with Crippen LogP contribution in [0.4, 0.5) is 5.69 Å². The molecule has 2 aromatic carbocycles. The minimum absolute atomic E-state index is 0.193. The summed E-state index contributed by atoms with van der Waals surface area (Å²) in [6.45, 7) is 4.71. The van der Waals surface area contributed by atoms with Crippen LogP contribution in [0.5, 0.6) is 0 Å². The van der Waals surface area contributed by atoms with Crippen molar-refractivity contribution in [3.05, 3.63) is 64.7 Å². The second-order valence-electron chi connectivity index (χ2n) is 6.20.